The highest BCUT2D eigenvalue weighted by atomic mass is 32.2. The van der Waals surface area contributed by atoms with Crippen LogP contribution in [-0.4, -0.2) is 55.4 Å². The predicted octanol–water partition coefficient (Wildman–Crippen LogP) is 5.14. The molecule has 2 saturated heterocycles. The maximum atomic E-state index is 13.6. The summed E-state index contributed by atoms with van der Waals surface area (Å²) < 4.78 is 28.7. The minimum atomic E-state index is -4.33. The zero-order chi connectivity index (χ0) is 31.6. The summed E-state index contributed by atoms with van der Waals surface area (Å²) in [6.45, 7) is 18.1. The summed E-state index contributed by atoms with van der Waals surface area (Å²) in [7, 11) is -4.33. The van der Waals surface area contributed by atoms with Crippen molar-refractivity contribution in [1.82, 2.24) is 15.0 Å². The molecule has 0 spiro atoms. The van der Waals surface area contributed by atoms with Crippen LogP contribution in [0, 0.1) is 17.3 Å². The molecule has 2 fully saturated rings. The highest BCUT2D eigenvalue weighted by Crippen LogP contribution is 2.40. The van der Waals surface area contributed by atoms with E-state index >= 15 is 0 Å². The lowest BCUT2D eigenvalue weighted by Gasteiger charge is -2.34. The second kappa shape index (κ2) is 12.8. The third-order valence-corrected chi connectivity index (χ3v) is 9.93. The molecule has 2 N–H and O–H groups in total. The number of aromatic nitrogens is 1. The van der Waals surface area contributed by atoms with Gasteiger partial charge in [0.15, 0.2) is 5.04 Å². The minimum Gasteiger partial charge on any atom is -0.370 e. The largest absolute Gasteiger partial charge is 0.370 e. The van der Waals surface area contributed by atoms with Gasteiger partial charge in [0, 0.05) is 31.1 Å². The molecule has 3 aliphatic rings. The first-order valence-corrected chi connectivity index (χ1v) is 16.9. The third-order valence-electron chi connectivity index (χ3n) is 8.67. The van der Waals surface area contributed by atoms with Gasteiger partial charge >= 0.3 is 0 Å². The fourth-order valence-electron chi connectivity index (χ4n) is 6.41. The standard InChI is InChI=1S/C32H48N6O4S/c1-8-25-33-18-11-12-22-20-32(6,7)38(21-22)28-24(29(39)36-43(41,42)27(9-2)34-25)14-15-26(35-28)37-19-16-23(30(37)40)13-10-17-31(3,4)5/h8-9,14-15,22-23,33H,2,10-13,16-21H2,1,3-7H3,(H,36,39)/b25-8-,34-27+/t22-,23?/m0/s1. The van der Waals surface area contributed by atoms with Crippen LogP contribution in [-0.2, 0) is 14.8 Å². The Morgan fingerprint density at radius 2 is 1.93 bits per heavy atom. The quantitative estimate of drug-likeness (QED) is 0.472. The second-order valence-corrected chi connectivity index (χ2v) is 15.4. The van der Waals surface area contributed by atoms with Crippen molar-refractivity contribution in [2.75, 3.05) is 29.4 Å². The topological polar surface area (TPSA) is 124 Å². The van der Waals surface area contributed by atoms with E-state index in [1.54, 1.807) is 30.0 Å². The molecule has 0 radical (unpaired) electrons. The number of aliphatic imine (C=N–C) groups is 1. The Morgan fingerprint density at radius 3 is 2.60 bits per heavy atom. The van der Waals surface area contributed by atoms with Crippen LogP contribution < -0.4 is 19.8 Å². The smallest absolute Gasteiger partial charge is 0.281 e. The molecule has 2 atom stereocenters. The lowest BCUT2D eigenvalue weighted by atomic mass is 9.87. The lowest BCUT2D eigenvalue weighted by molar-refractivity contribution is -0.120. The number of nitrogens with one attached hydrogen (secondary N) is 2. The molecule has 0 aromatic carbocycles. The number of nitrogens with zero attached hydrogens (tertiary/aromatic N) is 4. The molecule has 4 rings (SSSR count). The maximum absolute atomic E-state index is 13.6. The molecule has 10 nitrogen and oxygen atoms in total. The van der Waals surface area contributed by atoms with Crippen molar-refractivity contribution in [1.29, 1.82) is 0 Å². The molecule has 1 unspecified atom stereocenters. The van der Waals surface area contributed by atoms with Gasteiger partial charge in [-0.3, -0.25) is 14.5 Å². The van der Waals surface area contributed by atoms with Crippen molar-refractivity contribution in [2.45, 2.75) is 92.0 Å². The van der Waals surface area contributed by atoms with Crippen LogP contribution in [0.15, 0.2) is 41.7 Å². The van der Waals surface area contributed by atoms with Crippen molar-refractivity contribution < 1.29 is 18.0 Å². The van der Waals surface area contributed by atoms with E-state index in [0.717, 1.165) is 51.0 Å². The van der Waals surface area contributed by atoms with Crippen LogP contribution in [0.1, 0.15) is 96.8 Å². The molecule has 1 aromatic rings. The van der Waals surface area contributed by atoms with Gasteiger partial charge in [0.05, 0.1) is 5.56 Å². The summed E-state index contributed by atoms with van der Waals surface area (Å²) in [5.74, 6) is 0.841. The Morgan fingerprint density at radius 1 is 1.19 bits per heavy atom. The number of rotatable bonds is 5. The van der Waals surface area contributed by atoms with E-state index in [1.165, 1.54) is 0 Å². The van der Waals surface area contributed by atoms with Crippen molar-refractivity contribution in [2.24, 2.45) is 22.2 Å². The van der Waals surface area contributed by atoms with Gasteiger partial charge in [-0.05, 0) is 94.9 Å². The van der Waals surface area contributed by atoms with Crippen LogP contribution in [0.5, 0.6) is 0 Å². The van der Waals surface area contributed by atoms with Gasteiger partial charge < -0.3 is 10.2 Å². The zero-order valence-corrected chi connectivity index (χ0v) is 27.4. The van der Waals surface area contributed by atoms with E-state index in [-0.39, 0.29) is 33.4 Å². The van der Waals surface area contributed by atoms with Crippen LogP contribution in [0.25, 0.3) is 0 Å². The molecule has 1 aromatic heterocycles. The van der Waals surface area contributed by atoms with Gasteiger partial charge in [0.25, 0.3) is 15.9 Å². The molecular weight excluding hydrogens is 564 g/mol. The van der Waals surface area contributed by atoms with Crippen LogP contribution in [0.2, 0.25) is 0 Å². The minimum absolute atomic E-state index is 0.0462. The number of hydrogen-bond acceptors (Lipinski definition) is 8. The highest BCUT2D eigenvalue weighted by molar-refractivity contribution is 8.05. The Kier molecular flexibility index (Phi) is 9.73. The summed E-state index contributed by atoms with van der Waals surface area (Å²) in [5, 5.41) is 2.84. The van der Waals surface area contributed by atoms with Crippen molar-refractivity contribution in [3.63, 3.8) is 0 Å². The summed E-state index contributed by atoms with van der Waals surface area (Å²) in [5.41, 5.74) is 0.0301. The third kappa shape index (κ3) is 7.66. The van der Waals surface area contributed by atoms with E-state index in [2.05, 4.69) is 61.1 Å². The Hall–Kier alpha value is -3.21. The predicted molar refractivity (Wildman–Crippen MR) is 173 cm³/mol. The number of pyridine rings is 1. The zero-order valence-electron chi connectivity index (χ0n) is 26.6. The van der Waals surface area contributed by atoms with Crippen LogP contribution >= 0.6 is 0 Å². The lowest BCUT2D eigenvalue weighted by Crippen LogP contribution is -2.42. The average Bonchev–Trinajstić information content (AvgIpc) is 3.44. The van der Waals surface area contributed by atoms with Gasteiger partial charge in [-0.25, -0.2) is 14.7 Å². The number of anilines is 2. The Labute approximate surface area is 257 Å². The van der Waals surface area contributed by atoms with Crippen LogP contribution in [0.3, 0.4) is 0 Å². The van der Waals surface area contributed by atoms with E-state index in [4.69, 9.17) is 4.98 Å². The molecule has 0 saturated carbocycles. The molecule has 43 heavy (non-hydrogen) atoms. The number of carbonyl (C=O) groups excluding carboxylic acids is 2. The summed E-state index contributed by atoms with van der Waals surface area (Å²) in [6.07, 6.45) is 9.18. The van der Waals surface area contributed by atoms with E-state index < -0.39 is 15.9 Å². The van der Waals surface area contributed by atoms with Crippen molar-refractivity contribution in [3.05, 3.63) is 42.2 Å². The number of fused-ring (bicyclic) bond motifs is 4. The van der Waals surface area contributed by atoms with Gasteiger partial charge in [-0.2, -0.15) is 8.42 Å². The maximum Gasteiger partial charge on any atom is 0.281 e. The van der Waals surface area contributed by atoms with Gasteiger partial charge in [0.2, 0.25) is 5.91 Å². The number of sulfonamides is 1. The first kappa shape index (κ1) is 32.7. The number of allylic oxidation sites excluding steroid dienone is 1. The monoisotopic (exact) mass is 612 g/mol. The van der Waals surface area contributed by atoms with E-state index in [9.17, 15) is 18.0 Å². The summed E-state index contributed by atoms with van der Waals surface area (Å²) in [4.78, 5) is 40.1. The van der Waals surface area contributed by atoms with Gasteiger partial charge in [0.1, 0.15) is 17.5 Å². The normalized spacial score (nSPS) is 26.6. The highest BCUT2D eigenvalue weighted by Gasteiger charge is 2.42. The fraction of sp³-hybridized carbons (Fsp3) is 0.625. The molecule has 236 valence electrons. The average molecular weight is 613 g/mol. The number of amides is 2. The molecule has 4 heterocycles. The van der Waals surface area contributed by atoms with Crippen molar-refractivity contribution >= 4 is 38.5 Å². The number of carbonyl (C=O) groups is 2. The first-order valence-electron chi connectivity index (χ1n) is 15.4. The van der Waals surface area contributed by atoms with Crippen LogP contribution in [0.4, 0.5) is 11.6 Å². The first-order chi connectivity index (χ1) is 20.1. The molecule has 2 amide bonds. The number of hydrogen-bond donors (Lipinski definition) is 2. The van der Waals surface area contributed by atoms with Crippen molar-refractivity contribution in [3.8, 4) is 0 Å². The molecule has 11 heteroatoms. The SMILES string of the molecule is C=C/C1=N\C(=C/C)NCCC[C@@H]2CN(c3nc(N4CCC(CCCC(C)(C)C)C4=O)ccc3C(=O)NS1(=O)=O)C(C)(C)C2. The van der Waals surface area contributed by atoms with Gasteiger partial charge in [-0.1, -0.05) is 33.8 Å². The van der Waals surface area contributed by atoms with E-state index in [1.807, 2.05) is 0 Å². The molecular formula is C32H48N6O4S. The molecule has 0 aliphatic carbocycles. The Bertz CT molecular complexity index is 1410. The summed E-state index contributed by atoms with van der Waals surface area (Å²) in [6, 6.07) is 3.24. The summed E-state index contributed by atoms with van der Waals surface area (Å²) >= 11 is 0. The van der Waals surface area contributed by atoms with E-state index in [0.29, 0.717) is 43.0 Å². The Balaban J connectivity index is 1.71. The molecule has 3 aliphatic heterocycles. The van der Waals surface area contributed by atoms with Gasteiger partial charge in [-0.15, -0.1) is 0 Å². The molecule has 2 bridgehead atoms. The fourth-order valence-corrected chi connectivity index (χ4v) is 7.31. The second-order valence-electron chi connectivity index (χ2n) is 13.8.